The SMILES string of the molecule is COc1ccc([C@H](CC(C)C)N2CCNCC2)c2ccccc12. The van der Waals surface area contributed by atoms with Gasteiger partial charge < -0.3 is 10.1 Å². The van der Waals surface area contributed by atoms with Crippen molar-refractivity contribution < 1.29 is 4.74 Å². The zero-order valence-corrected chi connectivity index (χ0v) is 14.5. The molecular formula is C20H28N2O. The van der Waals surface area contributed by atoms with Gasteiger partial charge in [-0.3, -0.25) is 4.90 Å². The molecule has 2 aromatic carbocycles. The number of nitrogens with one attached hydrogen (secondary N) is 1. The molecule has 3 nitrogen and oxygen atoms in total. The van der Waals surface area contributed by atoms with Crippen molar-refractivity contribution in [3.8, 4) is 5.75 Å². The van der Waals surface area contributed by atoms with E-state index in [1.807, 2.05) is 0 Å². The zero-order valence-electron chi connectivity index (χ0n) is 14.5. The van der Waals surface area contributed by atoms with Crippen LogP contribution in [0.2, 0.25) is 0 Å². The van der Waals surface area contributed by atoms with Crippen molar-refractivity contribution in [1.82, 2.24) is 10.2 Å². The molecular weight excluding hydrogens is 284 g/mol. The number of ether oxygens (including phenoxy) is 1. The van der Waals surface area contributed by atoms with Gasteiger partial charge in [-0.05, 0) is 29.4 Å². The minimum absolute atomic E-state index is 0.480. The largest absolute Gasteiger partial charge is 0.496 e. The molecule has 1 aliphatic heterocycles. The standard InChI is InChI=1S/C20H28N2O/c1-15(2)14-19(22-12-10-21-11-13-22)17-8-9-20(23-3)18-7-5-4-6-16(17)18/h4-9,15,19,21H,10-14H2,1-3H3/t19-/m0/s1. The molecule has 1 N–H and O–H groups in total. The first kappa shape index (κ1) is 16.3. The molecule has 0 unspecified atom stereocenters. The van der Waals surface area contributed by atoms with Crippen molar-refractivity contribution in [2.24, 2.45) is 5.92 Å². The summed E-state index contributed by atoms with van der Waals surface area (Å²) in [7, 11) is 1.75. The van der Waals surface area contributed by atoms with Gasteiger partial charge in [0.05, 0.1) is 7.11 Å². The number of benzene rings is 2. The molecule has 2 aromatic rings. The second-order valence-corrected chi connectivity index (χ2v) is 6.83. The molecule has 0 radical (unpaired) electrons. The average molecular weight is 312 g/mol. The second-order valence-electron chi connectivity index (χ2n) is 6.83. The van der Waals surface area contributed by atoms with Crippen LogP contribution in [0, 0.1) is 5.92 Å². The minimum Gasteiger partial charge on any atom is -0.496 e. The highest BCUT2D eigenvalue weighted by Gasteiger charge is 2.25. The van der Waals surface area contributed by atoms with E-state index in [-0.39, 0.29) is 0 Å². The first-order chi connectivity index (χ1) is 11.2. The molecule has 0 aromatic heterocycles. The molecule has 0 saturated carbocycles. The Kier molecular flexibility index (Phi) is 5.19. The van der Waals surface area contributed by atoms with Gasteiger partial charge in [-0.1, -0.05) is 44.2 Å². The lowest BCUT2D eigenvalue weighted by Gasteiger charge is -2.37. The second kappa shape index (κ2) is 7.33. The van der Waals surface area contributed by atoms with Crippen molar-refractivity contribution in [2.45, 2.75) is 26.3 Å². The number of hydrogen-bond donors (Lipinski definition) is 1. The Hall–Kier alpha value is -1.58. The number of rotatable bonds is 5. The smallest absolute Gasteiger partial charge is 0.126 e. The predicted molar refractivity (Wildman–Crippen MR) is 97.1 cm³/mol. The molecule has 124 valence electrons. The van der Waals surface area contributed by atoms with E-state index in [2.05, 4.69) is 60.5 Å². The van der Waals surface area contributed by atoms with Crippen LogP contribution >= 0.6 is 0 Å². The molecule has 0 bridgehead atoms. The lowest BCUT2D eigenvalue weighted by molar-refractivity contribution is 0.155. The van der Waals surface area contributed by atoms with Gasteiger partial charge >= 0.3 is 0 Å². The summed E-state index contributed by atoms with van der Waals surface area (Å²) in [5.41, 5.74) is 1.44. The quantitative estimate of drug-likeness (QED) is 0.908. The summed E-state index contributed by atoms with van der Waals surface area (Å²) in [6, 6.07) is 13.5. The van der Waals surface area contributed by atoms with Crippen LogP contribution in [-0.2, 0) is 0 Å². The summed E-state index contributed by atoms with van der Waals surface area (Å²) in [6.45, 7) is 9.06. The Labute approximate surface area is 139 Å². The van der Waals surface area contributed by atoms with Gasteiger partial charge in [0.15, 0.2) is 0 Å². The molecule has 1 heterocycles. The summed E-state index contributed by atoms with van der Waals surface area (Å²) in [5, 5.41) is 6.02. The fourth-order valence-corrected chi connectivity index (χ4v) is 3.68. The number of methoxy groups -OCH3 is 1. The van der Waals surface area contributed by atoms with Crippen LogP contribution in [0.5, 0.6) is 5.75 Å². The van der Waals surface area contributed by atoms with E-state index >= 15 is 0 Å². The van der Waals surface area contributed by atoms with Crippen LogP contribution in [0.15, 0.2) is 36.4 Å². The summed E-state index contributed by atoms with van der Waals surface area (Å²) >= 11 is 0. The Balaban J connectivity index is 2.06. The van der Waals surface area contributed by atoms with E-state index in [0.717, 1.165) is 31.9 Å². The van der Waals surface area contributed by atoms with E-state index in [1.165, 1.54) is 22.8 Å². The van der Waals surface area contributed by atoms with E-state index in [0.29, 0.717) is 12.0 Å². The highest BCUT2D eigenvalue weighted by molar-refractivity contribution is 5.91. The molecule has 0 spiro atoms. The first-order valence-electron chi connectivity index (χ1n) is 8.71. The van der Waals surface area contributed by atoms with E-state index in [1.54, 1.807) is 7.11 Å². The Morgan fingerprint density at radius 1 is 1.04 bits per heavy atom. The molecule has 1 atom stereocenters. The van der Waals surface area contributed by atoms with Crippen molar-refractivity contribution in [3.63, 3.8) is 0 Å². The highest BCUT2D eigenvalue weighted by Crippen LogP contribution is 2.36. The van der Waals surface area contributed by atoms with Crippen LogP contribution < -0.4 is 10.1 Å². The molecule has 3 rings (SSSR count). The summed E-state index contributed by atoms with van der Waals surface area (Å²) in [6.07, 6.45) is 1.19. The third-order valence-electron chi connectivity index (χ3n) is 4.78. The number of hydrogen-bond acceptors (Lipinski definition) is 3. The zero-order chi connectivity index (χ0) is 16.2. The van der Waals surface area contributed by atoms with Crippen LogP contribution in [0.1, 0.15) is 31.9 Å². The summed E-state index contributed by atoms with van der Waals surface area (Å²) < 4.78 is 5.57. The highest BCUT2D eigenvalue weighted by atomic mass is 16.5. The number of nitrogens with zero attached hydrogens (tertiary/aromatic N) is 1. The molecule has 0 aliphatic carbocycles. The van der Waals surface area contributed by atoms with Crippen LogP contribution in [0.4, 0.5) is 0 Å². The average Bonchev–Trinajstić information content (AvgIpc) is 2.59. The fraction of sp³-hybridized carbons (Fsp3) is 0.500. The first-order valence-corrected chi connectivity index (χ1v) is 8.71. The lowest BCUT2D eigenvalue weighted by Crippen LogP contribution is -2.45. The molecule has 0 amide bonds. The minimum atomic E-state index is 0.480. The van der Waals surface area contributed by atoms with Gasteiger partial charge in [-0.2, -0.15) is 0 Å². The van der Waals surface area contributed by atoms with Crippen LogP contribution in [0.25, 0.3) is 10.8 Å². The number of piperazine rings is 1. The van der Waals surface area contributed by atoms with Gasteiger partial charge in [0.1, 0.15) is 5.75 Å². The monoisotopic (exact) mass is 312 g/mol. The topological polar surface area (TPSA) is 24.5 Å². The van der Waals surface area contributed by atoms with Crippen molar-refractivity contribution in [1.29, 1.82) is 0 Å². The maximum absolute atomic E-state index is 5.57. The predicted octanol–water partition coefficient (Wildman–Crippen LogP) is 3.84. The van der Waals surface area contributed by atoms with Crippen molar-refractivity contribution in [3.05, 3.63) is 42.0 Å². The summed E-state index contributed by atoms with van der Waals surface area (Å²) in [5.74, 6) is 1.64. The van der Waals surface area contributed by atoms with Gasteiger partial charge in [-0.15, -0.1) is 0 Å². The lowest BCUT2D eigenvalue weighted by atomic mass is 9.91. The molecule has 3 heteroatoms. The van der Waals surface area contributed by atoms with E-state index in [9.17, 15) is 0 Å². The maximum atomic E-state index is 5.57. The molecule has 1 saturated heterocycles. The van der Waals surface area contributed by atoms with Gasteiger partial charge in [0.25, 0.3) is 0 Å². The van der Waals surface area contributed by atoms with Crippen molar-refractivity contribution in [2.75, 3.05) is 33.3 Å². The maximum Gasteiger partial charge on any atom is 0.126 e. The molecule has 1 aliphatic rings. The Morgan fingerprint density at radius 3 is 2.39 bits per heavy atom. The summed E-state index contributed by atoms with van der Waals surface area (Å²) in [4.78, 5) is 2.64. The molecule has 1 fully saturated rings. The Bertz CT molecular complexity index is 647. The fourth-order valence-electron chi connectivity index (χ4n) is 3.68. The van der Waals surface area contributed by atoms with E-state index in [4.69, 9.17) is 4.74 Å². The molecule has 23 heavy (non-hydrogen) atoms. The third kappa shape index (κ3) is 3.51. The normalized spacial score (nSPS) is 17.6. The van der Waals surface area contributed by atoms with Crippen molar-refractivity contribution >= 4 is 10.8 Å². The number of fused-ring (bicyclic) bond motifs is 1. The van der Waals surface area contributed by atoms with Crippen LogP contribution in [0.3, 0.4) is 0 Å². The van der Waals surface area contributed by atoms with E-state index < -0.39 is 0 Å². The van der Waals surface area contributed by atoms with Gasteiger partial charge in [-0.25, -0.2) is 0 Å². The van der Waals surface area contributed by atoms with Crippen LogP contribution in [-0.4, -0.2) is 38.2 Å². The van der Waals surface area contributed by atoms with Gasteiger partial charge in [0.2, 0.25) is 0 Å². The third-order valence-corrected chi connectivity index (χ3v) is 4.78. The van der Waals surface area contributed by atoms with Gasteiger partial charge in [0, 0.05) is 37.6 Å². The Morgan fingerprint density at radius 2 is 1.74 bits per heavy atom.